The van der Waals surface area contributed by atoms with Gasteiger partial charge in [-0.2, -0.15) is 0 Å². The van der Waals surface area contributed by atoms with Crippen LogP contribution in [0.2, 0.25) is 0 Å². The zero-order chi connectivity index (χ0) is 18.3. The third-order valence-corrected chi connectivity index (χ3v) is 2.35. The number of rotatable bonds is 4. The summed E-state index contributed by atoms with van der Waals surface area (Å²) in [6, 6.07) is 7.33. The molecule has 0 bridgehead atoms. The maximum absolute atomic E-state index is 10.3. The molecule has 4 N–H and O–H groups in total. The summed E-state index contributed by atoms with van der Waals surface area (Å²) >= 11 is 0. The molecule has 11 nitrogen and oxygen atoms in total. The normalized spacial score (nSPS) is 8.62. The minimum absolute atomic E-state index is 0. The number of aromatic nitrogens is 2. The van der Waals surface area contributed by atoms with Crippen LogP contribution in [-0.4, -0.2) is 49.5 Å². The molecule has 0 fully saturated rings. The predicted molar refractivity (Wildman–Crippen MR) is 74.7 cm³/mol. The maximum Gasteiger partial charge on any atom is 2.00 e. The molecule has 0 saturated carbocycles. The first-order valence-corrected chi connectivity index (χ1v) is 6.05. The second-order valence-corrected chi connectivity index (χ2v) is 4.00. The number of hydrogen-bond donors (Lipinski definition) is 2. The molecule has 0 spiro atoms. The first-order chi connectivity index (χ1) is 11.2. The van der Waals surface area contributed by atoms with Crippen LogP contribution in [-0.2, 0) is 17.1 Å². The topological polar surface area (TPSA) is 212 Å². The summed E-state index contributed by atoms with van der Waals surface area (Å²) in [6.45, 7) is 0. The second kappa shape index (κ2) is 11.3. The fourth-order valence-corrected chi connectivity index (χ4v) is 1.34. The molecule has 0 atom stereocenters. The fourth-order valence-electron chi connectivity index (χ4n) is 1.34. The smallest absolute Gasteiger partial charge is 0.543 e. The maximum atomic E-state index is 10.3. The Hall–Kier alpha value is -3.34. The van der Waals surface area contributed by atoms with Gasteiger partial charge in [-0.1, -0.05) is 12.1 Å². The van der Waals surface area contributed by atoms with Crippen molar-refractivity contribution in [2.45, 2.75) is 0 Å². The minimum Gasteiger partial charge on any atom is -0.543 e. The molecule has 2 aromatic heterocycles. The Morgan fingerprint density at radius 2 is 0.962 bits per heavy atom. The Morgan fingerprint density at radius 1 is 0.692 bits per heavy atom. The molecule has 0 aliphatic rings. The van der Waals surface area contributed by atoms with Crippen molar-refractivity contribution in [2.24, 2.45) is 0 Å². The number of carboxylic acid groups (broad SMARTS) is 4. The Morgan fingerprint density at radius 3 is 1.23 bits per heavy atom. The molecule has 0 amide bonds. The van der Waals surface area contributed by atoms with Crippen molar-refractivity contribution in [3.8, 4) is 0 Å². The van der Waals surface area contributed by atoms with Gasteiger partial charge in [0.1, 0.15) is 11.4 Å². The van der Waals surface area contributed by atoms with Gasteiger partial charge < -0.3 is 35.5 Å². The van der Waals surface area contributed by atoms with E-state index < -0.39 is 35.3 Å². The summed E-state index contributed by atoms with van der Waals surface area (Å²) in [6.07, 6.45) is 0. The third kappa shape index (κ3) is 7.49. The number of hydrogen-bond acceptors (Lipinski definition) is 8. The second-order valence-electron chi connectivity index (χ2n) is 4.00. The van der Waals surface area contributed by atoms with Crippen LogP contribution in [0.25, 0.3) is 0 Å². The van der Waals surface area contributed by atoms with E-state index in [2.05, 4.69) is 9.97 Å². The quantitative estimate of drug-likeness (QED) is 0.500. The average molecular weight is 414 g/mol. The van der Waals surface area contributed by atoms with Crippen molar-refractivity contribution in [1.29, 1.82) is 0 Å². The van der Waals surface area contributed by atoms with Gasteiger partial charge in [0.05, 0.1) is 23.3 Å². The Labute approximate surface area is 155 Å². The van der Waals surface area contributed by atoms with Crippen molar-refractivity contribution >= 4 is 23.9 Å². The number of carboxylic acids is 4. The molecule has 26 heavy (non-hydrogen) atoms. The molecule has 141 valence electrons. The molecular weight excluding hydrogens is 404 g/mol. The van der Waals surface area contributed by atoms with Crippen LogP contribution < -0.4 is 10.2 Å². The van der Waals surface area contributed by atoms with E-state index in [-0.39, 0.29) is 33.9 Å². The molecule has 0 aliphatic carbocycles. The molecule has 0 saturated heterocycles. The van der Waals surface area contributed by atoms with E-state index in [1.807, 2.05) is 0 Å². The van der Waals surface area contributed by atoms with E-state index in [0.717, 1.165) is 12.1 Å². The zero-order valence-corrected chi connectivity index (χ0v) is 13.4. The standard InChI is InChI=1S/2C7H5NO4.Cu.H2O/c2*9-6(10)4-2-1-3-5(8-4)7(11)12;;/h2*1-3H,(H,9,10)(H,11,12);;1H2/q;;+2;/p-2. The van der Waals surface area contributed by atoms with E-state index in [1.54, 1.807) is 0 Å². The molecule has 0 aliphatic heterocycles. The van der Waals surface area contributed by atoms with E-state index >= 15 is 0 Å². The van der Waals surface area contributed by atoms with Crippen molar-refractivity contribution < 1.29 is 62.1 Å². The molecule has 12 heteroatoms. The number of carbonyl (C=O) groups is 4. The van der Waals surface area contributed by atoms with Gasteiger partial charge in [-0.3, -0.25) is 0 Å². The van der Waals surface area contributed by atoms with Crippen LogP contribution in [0.5, 0.6) is 0 Å². The van der Waals surface area contributed by atoms with Gasteiger partial charge in [0.15, 0.2) is 0 Å². The number of aromatic carboxylic acids is 4. The number of carbonyl (C=O) groups excluding carboxylic acids is 2. The SMILES string of the molecule is O.O=C(O)c1cccc(C(=O)O)n1.O=C([O-])c1cccc(C(=O)[O-])n1.[Cu+2]. The van der Waals surface area contributed by atoms with Crippen LogP contribution in [0, 0.1) is 0 Å². The van der Waals surface area contributed by atoms with Crippen LogP contribution >= 0.6 is 0 Å². The minimum atomic E-state index is -1.52. The van der Waals surface area contributed by atoms with E-state index in [0.29, 0.717) is 0 Å². The van der Waals surface area contributed by atoms with Crippen LogP contribution in [0.3, 0.4) is 0 Å². The van der Waals surface area contributed by atoms with Gasteiger partial charge in [-0.25, -0.2) is 19.6 Å². The summed E-state index contributed by atoms with van der Waals surface area (Å²) in [5.74, 6) is -5.51. The summed E-state index contributed by atoms with van der Waals surface area (Å²) in [7, 11) is 0. The van der Waals surface area contributed by atoms with Gasteiger partial charge in [0, 0.05) is 0 Å². The molecule has 0 aromatic carbocycles. The molecule has 1 radical (unpaired) electrons. The summed E-state index contributed by atoms with van der Waals surface area (Å²) in [5, 5.41) is 37.2. The van der Waals surface area contributed by atoms with Gasteiger partial charge in [0.2, 0.25) is 0 Å². The summed E-state index contributed by atoms with van der Waals surface area (Å²) in [4.78, 5) is 47.6. The Bertz CT molecular complexity index is 685. The summed E-state index contributed by atoms with van der Waals surface area (Å²) in [5.41, 5.74) is -1.38. The van der Waals surface area contributed by atoms with Crippen molar-refractivity contribution in [3.05, 3.63) is 59.2 Å². The van der Waals surface area contributed by atoms with Crippen molar-refractivity contribution in [2.75, 3.05) is 0 Å². The monoisotopic (exact) mass is 413 g/mol. The number of nitrogens with zero attached hydrogens (tertiary/aromatic N) is 2. The van der Waals surface area contributed by atoms with E-state index in [9.17, 15) is 29.4 Å². The van der Waals surface area contributed by atoms with Gasteiger partial charge in [0.25, 0.3) is 0 Å². The van der Waals surface area contributed by atoms with Gasteiger partial charge in [-0.05, 0) is 24.3 Å². The van der Waals surface area contributed by atoms with Crippen LogP contribution in [0.1, 0.15) is 42.0 Å². The molecule has 0 unspecified atom stereocenters. The number of pyridine rings is 2. The van der Waals surface area contributed by atoms with Crippen molar-refractivity contribution in [3.63, 3.8) is 0 Å². The third-order valence-electron chi connectivity index (χ3n) is 2.35. The fraction of sp³-hybridized carbons (Fsp3) is 0. The first kappa shape index (κ1) is 24.9. The van der Waals surface area contributed by atoms with Crippen LogP contribution in [0.15, 0.2) is 36.4 Å². The van der Waals surface area contributed by atoms with E-state index in [4.69, 9.17) is 10.2 Å². The molecule has 2 heterocycles. The first-order valence-electron chi connectivity index (χ1n) is 6.05. The van der Waals surface area contributed by atoms with Gasteiger partial charge >= 0.3 is 29.0 Å². The predicted octanol–water partition coefficient (Wildman–Crippen LogP) is -2.54. The largest absolute Gasteiger partial charge is 2.00 e. The molecule has 2 rings (SSSR count). The Kier molecular flexibility index (Phi) is 10.8. The van der Waals surface area contributed by atoms with Crippen molar-refractivity contribution in [1.82, 2.24) is 9.97 Å². The molecule has 2 aromatic rings. The molecular formula is C14H10CuN2O9. The van der Waals surface area contributed by atoms with Crippen LogP contribution in [0.4, 0.5) is 0 Å². The Balaban J connectivity index is 0. The van der Waals surface area contributed by atoms with Gasteiger partial charge in [-0.15, -0.1) is 0 Å². The average Bonchev–Trinajstić information content (AvgIpc) is 2.55. The van der Waals surface area contributed by atoms with E-state index in [1.165, 1.54) is 24.3 Å². The summed E-state index contributed by atoms with van der Waals surface area (Å²) < 4.78 is 0. The zero-order valence-electron chi connectivity index (χ0n) is 12.5.